The maximum absolute atomic E-state index is 13.9. The minimum atomic E-state index is -1.03. The first-order valence-corrected chi connectivity index (χ1v) is 15.6. The van der Waals surface area contributed by atoms with E-state index in [2.05, 4.69) is 21.6 Å². The third-order valence-corrected chi connectivity index (χ3v) is 8.74. The topological polar surface area (TPSA) is 119 Å². The van der Waals surface area contributed by atoms with Crippen LogP contribution in [0.3, 0.4) is 0 Å². The molecule has 1 aromatic heterocycles. The van der Waals surface area contributed by atoms with Gasteiger partial charge in [0, 0.05) is 57.2 Å². The predicted octanol–water partition coefficient (Wildman–Crippen LogP) is 3.84. The molecule has 45 heavy (non-hydrogen) atoms. The Kier molecular flexibility index (Phi) is 9.14. The molecule has 2 fully saturated rings. The van der Waals surface area contributed by atoms with E-state index < -0.39 is 11.6 Å². The highest BCUT2D eigenvalue weighted by atomic mass is 16.5. The molecule has 3 aliphatic heterocycles. The van der Waals surface area contributed by atoms with E-state index in [1.54, 1.807) is 30.7 Å². The molecule has 4 heterocycles. The first-order valence-electron chi connectivity index (χ1n) is 15.6. The number of ether oxygens (including phenoxy) is 1. The van der Waals surface area contributed by atoms with Crippen LogP contribution < -0.4 is 10.6 Å². The minimum absolute atomic E-state index is 0.138. The van der Waals surface area contributed by atoms with E-state index in [4.69, 9.17) is 14.7 Å². The van der Waals surface area contributed by atoms with E-state index in [-0.39, 0.29) is 29.0 Å². The second kappa shape index (κ2) is 12.7. The van der Waals surface area contributed by atoms with Crippen molar-refractivity contribution < 1.29 is 19.1 Å². The van der Waals surface area contributed by atoms with E-state index in [0.717, 1.165) is 55.2 Å². The van der Waals surface area contributed by atoms with Crippen LogP contribution in [0, 0.1) is 12.3 Å². The lowest BCUT2D eigenvalue weighted by atomic mass is 9.87. The number of morpholine rings is 1. The number of carbonyl (C=O) groups excluding carboxylic acids is 3. The largest absolute Gasteiger partial charge is 0.379 e. The average Bonchev–Trinajstić information content (AvgIpc) is 3.42. The lowest BCUT2D eigenvalue weighted by molar-refractivity contribution is -0.154. The average molecular weight is 616 g/mol. The molecule has 11 nitrogen and oxygen atoms in total. The number of piperazine rings is 1. The molecule has 0 saturated carbocycles. The molecule has 240 valence electrons. The Morgan fingerprint density at radius 3 is 2.44 bits per heavy atom. The van der Waals surface area contributed by atoms with E-state index in [1.807, 2.05) is 64.2 Å². The minimum Gasteiger partial charge on any atom is -0.379 e. The molecule has 0 spiro atoms. The van der Waals surface area contributed by atoms with Crippen molar-refractivity contribution in [1.82, 2.24) is 25.0 Å². The molecular formula is C34H45N7O4. The Hall–Kier alpha value is -4.09. The lowest BCUT2D eigenvalue weighted by Crippen LogP contribution is -2.64. The summed E-state index contributed by atoms with van der Waals surface area (Å²) in [6.45, 7) is 16.6. The number of aliphatic imine (C=N–C) groups is 1. The standard InChI is InChI=1S/C34H45N7O4/c1-22-8-10-24(18-25(22)26-11-9-23(20-35-26)21-40-14-16-45-17-15-40)36-32(44)37-27-19-28(33(2,3)4)38-29(27)30(42)41-13-12-39(7)31(43)34(41,5)6/h8-11,18-20,28H,12-17,21H2,1-7H3,(H2,36,37,44). The van der Waals surface area contributed by atoms with E-state index in [0.29, 0.717) is 24.5 Å². The second-order valence-corrected chi connectivity index (χ2v) is 13.7. The summed E-state index contributed by atoms with van der Waals surface area (Å²) in [4.78, 5) is 55.1. The van der Waals surface area contributed by atoms with Crippen molar-refractivity contribution in [2.45, 2.75) is 59.7 Å². The van der Waals surface area contributed by atoms with Gasteiger partial charge in [-0.3, -0.25) is 24.5 Å². The van der Waals surface area contributed by atoms with Crippen LogP contribution in [0.25, 0.3) is 11.3 Å². The van der Waals surface area contributed by atoms with Gasteiger partial charge in [-0.2, -0.15) is 0 Å². The first kappa shape index (κ1) is 32.3. The molecule has 5 rings (SSSR count). The van der Waals surface area contributed by atoms with Gasteiger partial charge < -0.3 is 25.2 Å². The summed E-state index contributed by atoms with van der Waals surface area (Å²) >= 11 is 0. The molecule has 0 aliphatic carbocycles. The van der Waals surface area contributed by atoms with Crippen LogP contribution in [0.1, 0.15) is 45.7 Å². The van der Waals surface area contributed by atoms with Gasteiger partial charge in [0.25, 0.3) is 5.91 Å². The van der Waals surface area contributed by atoms with Gasteiger partial charge in [0.1, 0.15) is 11.3 Å². The molecule has 1 unspecified atom stereocenters. The summed E-state index contributed by atoms with van der Waals surface area (Å²) in [6, 6.07) is 8.98. The van der Waals surface area contributed by atoms with E-state index >= 15 is 0 Å². The number of aryl methyl sites for hydroxylation is 1. The Labute approximate surface area is 265 Å². The number of carbonyl (C=O) groups is 3. The Bertz CT molecular complexity index is 1520. The molecular weight excluding hydrogens is 570 g/mol. The van der Waals surface area contributed by atoms with Gasteiger partial charge in [0.15, 0.2) is 0 Å². The highest BCUT2D eigenvalue weighted by molar-refractivity contribution is 6.46. The number of pyridine rings is 1. The lowest BCUT2D eigenvalue weighted by Gasteiger charge is -2.44. The molecule has 4 amide bonds. The third-order valence-electron chi connectivity index (χ3n) is 8.74. The molecule has 2 aromatic rings. The Balaban J connectivity index is 1.30. The van der Waals surface area contributed by atoms with Crippen LogP contribution in [0.15, 0.2) is 53.3 Å². The number of nitrogens with one attached hydrogen (secondary N) is 2. The van der Waals surface area contributed by atoms with Crippen molar-refractivity contribution in [3.63, 3.8) is 0 Å². The van der Waals surface area contributed by atoms with Crippen molar-refractivity contribution in [1.29, 1.82) is 0 Å². The zero-order valence-electron chi connectivity index (χ0n) is 27.4. The number of benzene rings is 1. The first-order chi connectivity index (χ1) is 21.2. The maximum atomic E-state index is 13.9. The Morgan fingerprint density at radius 1 is 1.04 bits per heavy atom. The van der Waals surface area contributed by atoms with Crippen molar-refractivity contribution >= 4 is 29.2 Å². The van der Waals surface area contributed by atoms with Crippen LogP contribution in [0.4, 0.5) is 10.5 Å². The molecule has 2 N–H and O–H groups in total. The van der Waals surface area contributed by atoms with Gasteiger partial charge in [0.2, 0.25) is 5.91 Å². The van der Waals surface area contributed by atoms with Crippen molar-refractivity contribution in [2.24, 2.45) is 10.4 Å². The summed E-state index contributed by atoms with van der Waals surface area (Å²) < 4.78 is 5.45. The highest BCUT2D eigenvalue weighted by Crippen LogP contribution is 2.31. The second-order valence-electron chi connectivity index (χ2n) is 13.7. The summed E-state index contributed by atoms with van der Waals surface area (Å²) in [5.41, 5.74) is 3.67. The van der Waals surface area contributed by atoms with Crippen LogP contribution in [0.2, 0.25) is 0 Å². The van der Waals surface area contributed by atoms with Crippen LogP contribution in [0.5, 0.6) is 0 Å². The third kappa shape index (κ3) is 7.10. The number of hydrogen-bond donors (Lipinski definition) is 2. The summed E-state index contributed by atoms with van der Waals surface area (Å²) in [7, 11) is 1.74. The van der Waals surface area contributed by atoms with Crippen LogP contribution in [-0.4, -0.2) is 101 Å². The van der Waals surface area contributed by atoms with E-state index in [1.165, 1.54) is 0 Å². The monoisotopic (exact) mass is 615 g/mol. The summed E-state index contributed by atoms with van der Waals surface area (Å²) in [6.07, 6.45) is 3.73. The predicted molar refractivity (Wildman–Crippen MR) is 175 cm³/mol. The molecule has 1 atom stereocenters. The normalized spacial score (nSPS) is 20.5. The number of anilines is 1. The molecule has 3 aliphatic rings. The fourth-order valence-electron chi connectivity index (χ4n) is 5.85. The van der Waals surface area contributed by atoms with Gasteiger partial charge in [0.05, 0.1) is 30.6 Å². The zero-order chi connectivity index (χ0) is 32.5. The molecule has 0 bridgehead atoms. The molecule has 11 heteroatoms. The highest BCUT2D eigenvalue weighted by Gasteiger charge is 2.45. The molecule has 2 saturated heterocycles. The fraction of sp³-hybridized carbons (Fsp3) is 0.500. The number of likely N-dealkylation sites (N-methyl/N-ethyl adjacent to an activating group) is 1. The van der Waals surface area contributed by atoms with Gasteiger partial charge in [-0.1, -0.05) is 32.9 Å². The number of aromatic nitrogens is 1. The van der Waals surface area contributed by atoms with Crippen molar-refractivity contribution in [3.8, 4) is 11.3 Å². The van der Waals surface area contributed by atoms with Gasteiger partial charge in [-0.05, 0) is 61.6 Å². The SMILES string of the molecule is Cc1ccc(NC(=O)NC2=CC(C(C)(C)C)N=C2C(=O)N2CCN(C)C(=O)C2(C)C)cc1-c1ccc(CN2CCOCC2)cn1. The molecule has 0 radical (unpaired) electrons. The fourth-order valence-corrected chi connectivity index (χ4v) is 5.85. The summed E-state index contributed by atoms with van der Waals surface area (Å²) in [5, 5.41) is 5.79. The number of rotatable bonds is 6. The molecule has 1 aromatic carbocycles. The van der Waals surface area contributed by atoms with Gasteiger partial charge in [-0.15, -0.1) is 0 Å². The quantitative estimate of drug-likeness (QED) is 0.510. The summed E-state index contributed by atoms with van der Waals surface area (Å²) in [5.74, 6) is -0.513. The number of hydrogen-bond acceptors (Lipinski definition) is 7. The van der Waals surface area contributed by atoms with Gasteiger partial charge in [-0.25, -0.2) is 4.79 Å². The number of nitrogens with zero attached hydrogens (tertiary/aromatic N) is 5. The zero-order valence-corrected chi connectivity index (χ0v) is 27.4. The van der Waals surface area contributed by atoms with Gasteiger partial charge >= 0.3 is 6.03 Å². The van der Waals surface area contributed by atoms with E-state index in [9.17, 15) is 14.4 Å². The van der Waals surface area contributed by atoms with Crippen LogP contribution >= 0.6 is 0 Å². The maximum Gasteiger partial charge on any atom is 0.323 e. The van der Waals surface area contributed by atoms with Crippen molar-refractivity contribution in [2.75, 3.05) is 51.8 Å². The number of amides is 4. The number of urea groups is 1. The Morgan fingerprint density at radius 2 is 1.78 bits per heavy atom. The smallest absolute Gasteiger partial charge is 0.323 e. The van der Waals surface area contributed by atoms with Crippen molar-refractivity contribution in [3.05, 3.63) is 59.4 Å². The van der Waals surface area contributed by atoms with Crippen LogP contribution in [-0.2, 0) is 20.9 Å².